The number of nitriles is 1. The lowest BCUT2D eigenvalue weighted by Crippen LogP contribution is -2.22. The Hall–Kier alpha value is -3.01. The molecule has 0 bridgehead atoms. The van der Waals surface area contributed by atoms with Gasteiger partial charge in [-0.3, -0.25) is 4.79 Å². The van der Waals surface area contributed by atoms with Crippen molar-refractivity contribution in [2.24, 2.45) is 0 Å². The van der Waals surface area contributed by atoms with Crippen LogP contribution in [0.2, 0.25) is 0 Å². The van der Waals surface area contributed by atoms with E-state index < -0.39 is 17.6 Å². The zero-order valence-electron chi connectivity index (χ0n) is 13.8. The van der Waals surface area contributed by atoms with Gasteiger partial charge in [-0.15, -0.1) is 0 Å². The van der Waals surface area contributed by atoms with Crippen molar-refractivity contribution < 1.29 is 18.0 Å². The van der Waals surface area contributed by atoms with E-state index in [1.165, 1.54) is 18.2 Å². The number of carbonyl (C=O) groups excluding carboxylic acids is 1. The third-order valence-electron chi connectivity index (χ3n) is 4.27. The van der Waals surface area contributed by atoms with Gasteiger partial charge in [0.15, 0.2) is 0 Å². The Labute approximate surface area is 148 Å². The smallest absolute Gasteiger partial charge is 0.370 e. The number of amides is 1. The van der Waals surface area contributed by atoms with E-state index in [1.807, 2.05) is 11.0 Å². The second kappa shape index (κ2) is 7.08. The largest absolute Gasteiger partial charge is 0.416 e. The molecule has 26 heavy (non-hydrogen) atoms. The molecule has 0 radical (unpaired) electrons. The van der Waals surface area contributed by atoms with Crippen LogP contribution < -0.4 is 10.2 Å². The second-order valence-electron chi connectivity index (χ2n) is 6.07. The molecule has 0 atom stereocenters. The number of nitrogens with zero attached hydrogens (tertiary/aromatic N) is 2. The van der Waals surface area contributed by atoms with Gasteiger partial charge in [-0.1, -0.05) is 6.07 Å². The van der Waals surface area contributed by atoms with E-state index >= 15 is 0 Å². The van der Waals surface area contributed by atoms with Gasteiger partial charge in [0, 0.05) is 18.7 Å². The summed E-state index contributed by atoms with van der Waals surface area (Å²) in [6.45, 7) is 1.47. The number of rotatable bonds is 3. The first kappa shape index (κ1) is 17.8. The molecule has 7 heteroatoms. The van der Waals surface area contributed by atoms with Gasteiger partial charge in [-0.2, -0.15) is 18.4 Å². The summed E-state index contributed by atoms with van der Waals surface area (Å²) >= 11 is 0. The molecule has 1 saturated heterocycles. The molecular formula is C19H16F3N3O. The van der Waals surface area contributed by atoms with Crippen molar-refractivity contribution >= 4 is 17.3 Å². The summed E-state index contributed by atoms with van der Waals surface area (Å²) in [7, 11) is 0. The van der Waals surface area contributed by atoms with E-state index in [2.05, 4.69) is 5.32 Å². The molecule has 0 aliphatic carbocycles. The fraction of sp³-hybridized carbons (Fsp3) is 0.263. The lowest BCUT2D eigenvalue weighted by atomic mass is 10.1. The third kappa shape index (κ3) is 3.80. The Bertz CT molecular complexity index is 865. The molecule has 2 aromatic carbocycles. The molecule has 1 amide bonds. The molecule has 0 spiro atoms. The standard InChI is InChI=1S/C19H16F3N3O/c20-19(21,22)15-6-7-17(25-8-1-2-9-25)16(11-15)24-18(26)14-5-3-4-13(10-14)12-23/h3-7,10-11H,1-2,8-9H2,(H,24,26). The first-order chi connectivity index (χ1) is 12.4. The molecule has 134 valence electrons. The highest BCUT2D eigenvalue weighted by molar-refractivity contribution is 6.06. The van der Waals surface area contributed by atoms with Gasteiger partial charge in [0.05, 0.1) is 28.6 Å². The third-order valence-corrected chi connectivity index (χ3v) is 4.27. The fourth-order valence-electron chi connectivity index (χ4n) is 2.97. The predicted molar refractivity (Wildman–Crippen MR) is 92.0 cm³/mol. The van der Waals surface area contributed by atoms with E-state index in [1.54, 1.807) is 12.1 Å². The number of nitrogens with one attached hydrogen (secondary N) is 1. The monoisotopic (exact) mass is 359 g/mol. The molecule has 0 aromatic heterocycles. The van der Waals surface area contributed by atoms with Crippen molar-refractivity contribution in [3.63, 3.8) is 0 Å². The van der Waals surface area contributed by atoms with Crippen LogP contribution in [0.15, 0.2) is 42.5 Å². The minimum absolute atomic E-state index is 0.120. The number of halogens is 3. The summed E-state index contributed by atoms with van der Waals surface area (Å²) in [4.78, 5) is 14.4. The van der Waals surface area contributed by atoms with Gasteiger partial charge < -0.3 is 10.2 Å². The van der Waals surface area contributed by atoms with Gasteiger partial charge in [0.1, 0.15) is 0 Å². The lowest BCUT2D eigenvalue weighted by Gasteiger charge is -2.23. The summed E-state index contributed by atoms with van der Waals surface area (Å²) in [5.41, 5.74) is 0.395. The molecule has 1 heterocycles. The van der Waals surface area contributed by atoms with Crippen molar-refractivity contribution in [2.45, 2.75) is 19.0 Å². The maximum Gasteiger partial charge on any atom is 0.416 e. The van der Waals surface area contributed by atoms with E-state index in [4.69, 9.17) is 5.26 Å². The molecule has 0 unspecified atom stereocenters. The summed E-state index contributed by atoms with van der Waals surface area (Å²) in [5.74, 6) is -0.554. The zero-order valence-corrected chi connectivity index (χ0v) is 13.8. The Kier molecular flexibility index (Phi) is 4.85. The highest BCUT2D eigenvalue weighted by Gasteiger charge is 2.32. The predicted octanol–water partition coefficient (Wildman–Crippen LogP) is 4.43. The molecular weight excluding hydrogens is 343 g/mol. The van der Waals surface area contributed by atoms with Crippen molar-refractivity contribution in [1.29, 1.82) is 5.26 Å². The molecule has 2 aromatic rings. The van der Waals surface area contributed by atoms with Gasteiger partial charge >= 0.3 is 6.18 Å². The van der Waals surface area contributed by atoms with Gasteiger partial charge in [-0.25, -0.2) is 0 Å². The van der Waals surface area contributed by atoms with Crippen LogP contribution in [0.1, 0.15) is 34.3 Å². The summed E-state index contributed by atoms with van der Waals surface area (Å²) in [6.07, 6.45) is -2.58. The van der Waals surface area contributed by atoms with Crippen molar-refractivity contribution in [3.05, 3.63) is 59.2 Å². The van der Waals surface area contributed by atoms with E-state index in [9.17, 15) is 18.0 Å². The average molecular weight is 359 g/mol. The second-order valence-corrected chi connectivity index (χ2v) is 6.07. The number of carbonyl (C=O) groups is 1. The molecule has 1 aliphatic heterocycles. The van der Waals surface area contributed by atoms with Crippen LogP contribution in [-0.2, 0) is 6.18 Å². The highest BCUT2D eigenvalue weighted by atomic mass is 19.4. The average Bonchev–Trinajstić information content (AvgIpc) is 3.15. The Morgan fingerprint density at radius 3 is 2.50 bits per heavy atom. The van der Waals surface area contributed by atoms with Gasteiger partial charge in [-0.05, 0) is 49.2 Å². The molecule has 0 saturated carbocycles. The van der Waals surface area contributed by atoms with Crippen LogP contribution >= 0.6 is 0 Å². The SMILES string of the molecule is N#Cc1cccc(C(=O)Nc2cc(C(F)(F)F)ccc2N2CCCC2)c1. The fourth-order valence-corrected chi connectivity index (χ4v) is 2.97. The molecule has 1 fully saturated rings. The van der Waals surface area contributed by atoms with E-state index in [0.29, 0.717) is 11.3 Å². The van der Waals surface area contributed by atoms with Crippen LogP contribution in [0.5, 0.6) is 0 Å². The number of anilines is 2. The first-order valence-electron chi connectivity index (χ1n) is 8.16. The summed E-state index contributed by atoms with van der Waals surface area (Å²) in [6, 6.07) is 11.3. The number of hydrogen-bond acceptors (Lipinski definition) is 3. The number of hydrogen-bond donors (Lipinski definition) is 1. The molecule has 3 rings (SSSR count). The zero-order chi connectivity index (χ0) is 18.7. The normalized spacial score (nSPS) is 14.2. The lowest BCUT2D eigenvalue weighted by molar-refractivity contribution is -0.137. The summed E-state index contributed by atoms with van der Waals surface area (Å²) < 4.78 is 39.2. The Morgan fingerprint density at radius 2 is 1.85 bits per heavy atom. The molecule has 1 N–H and O–H groups in total. The summed E-state index contributed by atoms with van der Waals surface area (Å²) in [5, 5.41) is 11.5. The first-order valence-corrected chi connectivity index (χ1v) is 8.16. The van der Waals surface area contributed by atoms with E-state index in [-0.39, 0.29) is 11.3 Å². The number of benzene rings is 2. The Balaban J connectivity index is 1.95. The van der Waals surface area contributed by atoms with E-state index in [0.717, 1.165) is 38.1 Å². The topological polar surface area (TPSA) is 56.1 Å². The Morgan fingerprint density at radius 1 is 1.12 bits per heavy atom. The van der Waals surface area contributed by atoms with Crippen LogP contribution in [0.25, 0.3) is 0 Å². The molecule has 1 aliphatic rings. The quantitative estimate of drug-likeness (QED) is 0.882. The number of alkyl halides is 3. The van der Waals surface area contributed by atoms with Crippen molar-refractivity contribution in [3.8, 4) is 6.07 Å². The minimum Gasteiger partial charge on any atom is -0.370 e. The van der Waals surface area contributed by atoms with Crippen LogP contribution in [-0.4, -0.2) is 19.0 Å². The maximum atomic E-state index is 13.1. The minimum atomic E-state index is -4.50. The molecule has 4 nitrogen and oxygen atoms in total. The van der Waals surface area contributed by atoms with Crippen LogP contribution in [0.3, 0.4) is 0 Å². The van der Waals surface area contributed by atoms with Crippen molar-refractivity contribution in [1.82, 2.24) is 0 Å². The van der Waals surface area contributed by atoms with Crippen molar-refractivity contribution in [2.75, 3.05) is 23.3 Å². The maximum absolute atomic E-state index is 13.1. The van der Waals surface area contributed by atoms with Gasteiger partial charge in [0.2, 0.25) is 0 Å². The van der Waals surface area contributed by atoms with Crippen LogP contribution in [0, 0.1) is 11.3 Å². The highest BCUT2D eigenvalue weighted by Crippen LogP contribution is 2.36. The van der Waals surface area contributed by atoms with Gasteiger partial charge in [0.25, 0.3) is 5.91 Å². The van der Waals surface area contributed by atoms with Crippen LogP contribution in [0.4, 0.5) is 24.5 Å².